The molecule has 86 valence electrons. The lowest BCUT2D eigenvalue weighted by atomic mass is 10.2. The largest absolute Gasteiger partial charge is 0.366 e. The predicted molar refractivity (Wildman–Crippen MR) is 63.4 cm³/mol. The van der Waals surface area contributed by atoms with E-state index in [4.69, 9.17) is 0 Å². The summed E-state index contributed by atoms with van der Waals surface area (Å²) in [7, 11) is 0. The first kappa shape index (κ1) is 11.3. The number of nitrogens with zero attached hydrogens (tertiary/aromatic N) is 1. The van der Waals surface area contributed by atoms with E-state index in [-0.39, 0.29) is 5.82 Å². The minimum Gasteiger partial charge on any atom is -0.366 e. The van der Waals surface area contributed by atoms with Crippen LogP contribution in [0, 0.1) is 5.82 Å². The Kier molecular flexibility index (Phi) is 3.45. The van der Waals surface area contributed by atoms with Crippen LogP contribution >= 0.6 is 0 Å². The maximum Gasteiger partial charge on any atom is 0.150 e. The lowest BCUT2D eigenvalue weighted by molar-refractivity contribution is 0.112. The summed E-state index contributed by atoms with van der Waals surface area (Å²) in [5.41, 5.74) is 1.38. The molecule has 0 atom stereocenters. The van der Waals surface area contributed by atoms with Crippen LogP contribution in [0.5, 0.6) is 0 Å². The predicted octanol–water partition coefficient (Wildman–Crippen LogP) is 2.65. The van der Waals surface area contributed by atoms with Gasteiger partial charge in [-0.25, -0.2) is 9.37 Å². The van der Waals surface area contributed by atoms with Crippen molar-refractivity contribution >= 4 is 12.1 Å². The summed E-state index contributed by atoms with van der Waals surface area (Å²) >= 11 is 0. The SMILES string of the molecule is O=Cc1ccnc(NCc2cccc(F)c2)c1. The normalized spacial score (nSPS) is 9.94. The van der Waals surface area contributed by atoms with E-state index in [1.165, 1.54) is 12.1 Å². The second kappa shape index (κ2) is 5.21. The van der Waals surface area contributed by atoms with Gasteiger partial charge in [0.2, 0.25) is 0 Å². The Morgan fingerprint density at radius 2 is 2.18 bits per heavy atom. The summed E-state index contributed by atoms with van der Waals surface area (Å²) in [4.78, 5) is 14.6. The number of aldehydes is 1. The number of benzene rings is 1. The summed E-state index contributed by atoms with van der Waals surface area (Å²) in [6, 6.07) is 9.60. The molecule has 4 heteroatoms. The molecule has 0 spiro atoms. The molecule has 0 aliphatic carbocycles. The van der Waals surface area contributed by atoms with Crippen molar-refractivity contribution in [2.45, 2.75) is 6.54 Å². The van der Waals surface area contributed by atoms with Crippen molar-refractivity contribution in [3.05, 3.63) is 59.5 Å². The second-order valence-electron chi connectivity index (χ2n) is 3.58. The van der Waals surface area contributed by atoms with Crippen molar-refractivity contribution in [3.8, 4) is 0 Å². The minimum atomic E-state index is -0.265. The number of halogens is 1. The first-order valence-electron chi connectivity index (χ1n) is 5.17. The van der Waals surface area contributed by atoms with Gasteiger partial charge in [0.05, 0.1) is 0 Å². The van der Waals surface area contributed by atoms with Crippen LogP contribution < -0.4 is 5.32 Å². The zero-order valence-corrected chi connectivity index (χ0v) is 9.06. The lowest BCUT2D eigenvalue weighted by Crippen LogP contribution is -2.01. The number of rotatable bonds is 4. The van der Waals surface area contributed by atoms with Crippen molar-refractivity contribution in [3.63, 3.8) is 0 Å². The Labute approximate surface area is 98.3 Å². The van der Waals surface area contributed by atoms with Gasteiger partial charge in [0.25, 0.3) is 0 Å². The van der Waals surface area contributed by atoms with Crippen molar-refractivity contribution in [2.75, 3.05) is 5.32 Å². The van der Waals surface area contributed by atoms with Crippen LogP contribution in [-0.2, 0) is 6.54 Å². The molecule has 1 heterocycles. The number of pyridine rings is 1. The zero-order chi connectivity index (χ0) is 12.1. The van der Waals surface area contributed by atoms with Gasteiger partial charge in [0.15, 0.2) is 0 Å². The molecular weight excluding hydrogens is 219 g/mol. The van der Waals surface area contributed by atoms with E-state index < -0.39 is 0 Å². The molecule has 1 aromatic heterocycles. The smallest absolute Gasteiger partial charge is 0.150 e. The third kappa shape index (κ3) is 3.11. The summed E-state index contributed by atoms with van der Waals surface area (Å²) in [6.07, 6.45) is 2.31. The van der Waals surface area contributed by atoms with Crippen LogP contribution in [0.4, 0.5) is 10.2 Å². The van der Waals surface area contributed by atoms with Gasteiger partial charge < -0.3 is 5.32 Å². The van der Waals surface area contributed by atoms with Gasteiger partial charge in [0, 0.05) is 18.3 Å². The number of anilines is 1. The molecule has 0 amide bonds. The molecule has 0 aliphatic heterocycles. The molecule has 0 radical (unpaired) electrons. The van der Waals surface area contributed by atoms with Crippen LogP contribution in [-0.4, -0.2) is 11.3 Å². The van der Waals surface area contributed by atoms with Crippen LogP contribution in [0.25, 0.3) is 0 Å². The Bertz CT molecular complexity index is 528. The van der Waals surface area contributed by atoms with E-state index in [1.807, 2.05) is 6.07 Å². The molecule has 17 heavy (non-hydrogen) atoms. The van der Waals surface area contributed by atoms with Gasteiger partial charge in [-0.05, 0) is 29.8 Å². The summed E-state index contributed by atoms with van der Waals surface area (Å²) in [6.45, 7) is 0.465. The van der Waals surface area contributed by atoms with Crippen molar-refractivity contribution in [1.82, 2.24) is 4.98 Å². The molecule has 2 rings (SSSR count). The van der Waals surface area contributed by atoms with Crippen molar-refractivity contribution in [1.29, 1.82) is 0 Å². The maximum atomic E-state index is 12.9. The average Bonchev–Trinajstić information content (AvgIpc) is 2.37. The number of hydrogen-bond acceptors (Lipinski definition) is 3. The van der Waals surface area contributed by atoms with Crippen LogP contribution in [0.3, 0.4) is 0 Å². The molecule has 0 saturated heterocycles. The first-order valence-corrected chi connectivity index (χ1v) is 5.17. The molecule has 1 N–H and O–H groups in total. The lowest BCUT2D eigenvalue weighted by Gasteiger charge is -2.05. The summed E-state index contributed by atoms with van der Waals surface area (Å²) in [5, 5.41) is 3.03. The van der Waals surface area contributed by atoms with Gasteiger partial charge in [-0.2, -0.15) is 0 Å². The van der Waals surface area contributed by atoms with Gasteiger partial charge >= 0.3 is 0 Å². The van der Waals surface area contributed by atoms with Crippen LogP contribution in [0.2, 0.25) is 0 Å². The maximum absolute atomic E-state index is 12.9. The molecule has 2 aromatic rings. The number of carbonyl (C=O) groups excluding carboxylic acids is 1. The number of carbonyl (C=O) groups is 1. The third-order valence-corrected chi connectivity index (χ3v) is 2.28. The second-order valence-corrected chi connectivity index (χ2v) is 3.58. The fourth-order valence-electron chi connectivity index (χ4n) is 1.46. The highest BCUT2D eigenvalue weighted by molar-refractivity contribution is 5.75. The molecule has 0 saturated carbocycles. The molecule has 0 aliphatic rings. The highest BCUT2D eigenvalue weighted by Gasteiger charge is 1.98. The van der Waals surface area contributed by atoms with Gasteiger partial charge in [0.1, 0.15) is 17.9 Å². The van der Waals surface area contributed by atoms with Gasteiger partial charge in [-0.3, -0.25) is 4.79 Å². The highest BCUT2D eigenvalue weighted by atomic mass is 19.1. The molecule has 1 aromatic carbocycles. The summed E-state index contributed by atoms with van der Waals surface area (Å²) in [5.74, 6) is 0.331. The monoisotopic (exact) mass is 230 g/mol. The summed E-state index contributed by atoms with van der Waals surface area (Å²) < 4.78 is 12.9. The van der Waals surface area contributed by atoms with E-state index in [2.05, 4.69) is 10.3 Å². The van der Waals surface area contributed by atoms with Crippen molar-refractivity contribution in [2.24, 2.45) is 0 Å². The number of nitrogens with one attached hydrogen (secondary N) is 1. The zero-order valence-electron chi connectivity index (χ0n) is 9.06. The Balaban J connectivity index is 2.04. The molecule has 0 bridgehead atoms. The van der Waals surface area contributed by atoms with E-state index in [1.54, 1.807) is 24.4 Å². The molecule has 0 fully saturated rings. The van der Waals surface area contributed by atoms with Crippen LogP contribution in [0.1, 0.15) is 15.9 Å². The quantitative estimate of drug-likeness (QED) is 0.821. The Hall–Kier alpha value is -2.23. The topological polar surface area (TPSA) is 42.0 Å². The van der Waals surface area contributed by atoms with Crippen molar-refractivity contribution < 1.29 is 9.18 Å². The third-order valence-electron chi connectivity index (χ3n) is 2.28. The average molecular weight is 230 g/mol. The first-order chi connectivity index (χ1) is 8.28. The molecule has 3 nitrogen and oxygen atoms in total. The standard InChI is InChI=1S/C13H11FN2O/c14-12-3-1-2-10(6-12)8-16-13-7-11(9-17)4-5-15-13/h1-7,9H,8H2,(H,15,16). The highest BCUT2D eigenvalue weighted by Crippen LogP contribution is 2.08. The molecule has 0 unspecified atom stereocenters. The van der Waals surface area contributed by atoms with Gasteiger partial charge in [-0.1, -0.05) is 12.1 Å². The van der Waals surface area contributed by atoms with E-state index in [9.17, 15) is 9.18 Å². The fraction of sp³-hybridized carbons (Fsp3) is 0.0769. The van der Waals surface area contributed by atoms with Gasteiger partial charge in [-0.15, -0.1) is 0 Å². The van der Waals surface area contributed by atoms with E-state index in [0.29, 0.717) is 17.9 Å². The Morgan fingerprint density at radius 3 is 2.94 bits per heavy atom. The number of hydrogen-bond donors (Lipinski definition) is 1. The minimum absolute atomic E-state index is 0.265. The van der Waals surface area contributed by atoms with E-state index >= 15 is 0 Å². The Morgan fingerprint density at radius 1 is 1.29 bits per heavy atom. The number of aromatic nitrogens is 1. The van der Waals surface area contributed by atoms with Crippen LogP contribution in [0.15, 0.2) is 42.6 Å². The fourth-order valence-corrected chi connectivity index (χ4v) is 1.46. The molecular formula is C13H11FN2O. The van der Waals surface area contributed by atoms with E-state index in [0.717, 1.165) is 11.8 Å².